The molecule has 5 heteroatoms. The highest BCUT2D eigenvalue weighted by Gasteiger charge is 2.22. The molecule has 3 rings (SSSR count). The molecule has 2 aromatic heterocycles. The van der Waals surface area contributed by atoms with E-state index in [-0.39, 0.29) is 5.82 Å². The monoisotopic (exact) mass is 200 g/mol. The number of nitriles is 1. The molecule has 1 aliphatic rings. The van der Waals surface area contributed by atoms with Crippen LogP contribution in [0.5, 0.6) is 0 Å². The molecule has 0 radical (unpaired) electrons. The van der Waals surface area contributed by atoms with Crippen molar-refractivity contribution in [2.24, 2.45) is 0 Å². The van der Waals surface area contributed by atoms with Gasteiger partial charge in [-0.2, -0.15) is 5.26 Å². The Morgan fingerprint density at radius 2 is 2.40 bits per heavy atom. The van der Waals surface area contributed by atoms with Gasteiger partial charge in [-0.05, 0) is 6.07 Å². The molecule has 0 saturated carbocycles. The van der Waals surface area contributed by atoms with Crippen LogP contribution in [-0.4, -0.2) is 27.7 Å². The molecular weight excluding hydrogens is 192 g/mol. The number of ether oxygens (including phenoxy) is 1. The van der Waals surface area contributed by atoms with Gasteiger partial charge in [-0.25, -0.2) is 9.97 Å². The molecule has 0 atom stereocenters. The third kappa shape index (κ3) is 1.19. The number of hydrogen-bond donors (Lipinski definition) is 0. The van der Waals surface area contributed by atoms with Crippen molar-refractivity contribution in [3.8, 4) is 6.07 Å². The van der Waals surface area contributed by atoms with Crippen LogP contribution < -0.4 is 0 Å². The summed E-state index contributed by atoms with van der Waals surface area (Å²) in [7, 11) is 0. The Balaban J connectivity index is 2.18. The van der Waals surface area contributed by atoms with Crippen LogP contribution >= 0.6 is 0 Å². The van der Waals surface area contributed by atoms with E-state index in [2.05, 4.69) is 9.97 Å². The molecular formula is C10H8N4O. The van der Waals surface area contributed by atoms with E-state index in [1.54, 1.807) is 6.20 Å². The van der Waals surface area contributed by atoms with Gasteiger partial charge in [-0.1, -0.05) is 0 Å². The lowest BCUT2D eigenvalue weighted by Gasteiger charge is -2.27. The molecule has 1 aliphatic heterocycles. The molecule has 74 valence electrons. The predicted octanol–water partition coefficient (Wildman–Crippen LogP) is 0.874. The number of fused-ring (bicyclic) bond motifs is 1. The predicted molar refractivity (Wildman–Crippen MR) is 52.1 cm³/mol. The highest BCUT2D eigenvalue weighted by atomic mass is 16.5. The molecule has 0 amide bonds. The lowest BCUT2D eigenvalue weighted by Crippen LogP contribution is -2.30. The Morgan fingerprint density at radius 1 is 1.53 bits per heavy atom. The van der Waals surface area contributed by atoms with E-state index in [1.165, 1.54) is 0 Å². The molecule has 0 spiro atoms. The molecule has 0 N–H and O–H groups in total. The Kier molecular flexibility index (Phi) is 1.70. The molecule has 15 heavy (non-hydrogen) atoms. The van der Waals surface area contributed by atoms with E-state index < -0.39 is 0 Å². The zero-order chi connectivity index (χ0) is 10.3. The number of hydrogen-bond acceptors (Lipinski definition) is 4. The van der Waals surface area contributed by atoms with Crippen molar-refractivity contribution in [2.75, 3.05) is 13.2 Å². The van der Waals surface area contributed by atoms with Crippen molar-refractivity contribution in [3.63, 3.8) is 0 Å². The Hall–Kier alpha value is -1.93. The first-order chi connectivity index (χ1) is 7.38. The maximum atomic E-state index is 8.73. The van der Waals surface area contributed by atoms with Gasteiger partial charge in [0, 0.05) is 17.8 Å². The minimum absolute atomic E-state index is 0.211. The van der Waals surface area contributed by atoms with Gasteiger partial charge in [0.1, 0.15) is 11.7 Å². The number of rotatable bonds is 1. The molecule has 0 aliphatic carbocycles. The summed E-state index contributed by atoms with van der Waals surface area (Å²) in [6, 6.07) is 4.25. The van der Waals surface area contributed by atoms with Gasteiger partial charge in [0.25, 0.3) is 0 Å². The SMILES string of the molecule is N#Cc1ncc2ccn(C3COC3)c2n1. The van der Waals surface area contributed by atoms with Crippen molar-refractivity contribution < 1.29 is 4.74 Å². The minimum atomic E-state index is 0.211. The van der Waals surface area contributed by atoms with E-state index in [1.807, 2.05) is 22.9 Å². The molecule has 5 nitrogen and oxygen atoms in total. The lowest BCUT2D eigenvalue weighted by atomic mass is 10.2. The van der Waals surface area contributed by atoms with Gasteiger partial charge in [-0.3, -0.25) is 0 Å². The second kappa shape index (κ2) is 3.04. The average Bonchev–Trinajstić information content (AvgIpc) is 2.59. The van der Waals surface area contributed by atoms with Crippen LogP contribution in [0.15, 0.2) is 18.5 Å². The Labute approximate surface area is 85.9 Å². The summed E-state index contributed by atoms with van der Waals surface area (Å²) in [5.41, 5.74) is 0.815. The van der Waals surface area contributed by atoms with Gasteiger partial charge in [0.15, 0.2) is 0 Å². The van der Waals surface area contributed by atoms with E-state index in [4.69, 9.17) is 10.00 Å². The first kappa shape index (κ1) is 8.38. The number of nitrogens with zero attached hydrogens (tertiary/aromatic N) is 4. The second-order valence-corrected chi connectivity index (χ2v) is 3.50. The summed E-state index contributed by atoms with van der Waals surface area (Å²) >= 11 is 0. The van der Waals surface area contributed by atoms with Crippen LogP contribution in [0.25, 0.3) is 11.0 Å². The standard InChI is InChI=1S/C10H8N4O/c11-3-9-12-4-7-1-2-14(10(7)13-9)8-5-15-6-8/h1-2,4,8H,5-6H2. The maximum Gasteiger partial charge on any atom is 0.234 e. The maximum absolute atomic E-state index is 8.73. The zero-order valence-corrected chi connectivity index (χ0v) is 7.92. The van der Waals surface area contributed by atoms with Crippen LogP contribution in [0, 0.1) is 11.3 Å². The summed E-state index contributed by atoms with van der Waals surface area (Å²) in [6.45, 7) is 1.44. The fourth-order valence-corrected chi connectivity index (χ4v) is 1.67. The van der Waals surface area contributed by atoms with Crippen LogP contribution in [-0.2, 0) is 4.74 Å². The Bertz CT molecular complexity index is 550. The summed E-state index contributed by atoms with van der Waals surface area (Å²) in [6.07, 6.45) is 3.64. The third-order valence-electron chi connectivity index (χ3n) is 2.57. The van der Waals surface area contributed by atoms with Crippen LogP contribution in [0.3, 0.4) is 0 Å². The van der Waals surface area contributed by atoms with Gasteiger partial charge in [0.05, 0.1) is 19.3 Å². The van der Waals surface area contributed by atoms with E-state index >= 15 is 0 Å². The van der Waals surface area contributed by atoms with E-state index in [9.17, 15) is 0 Å². The van der Waals surface area contributed by atoms with Crippen molar-refractivity contribution in [1.82, 2.24) is 14.5 Å². The molecule has 0 aromatic carbocycles. The highest BCUT2D eigenvalue weighted by molar-refractivity contribution is 5.75. The molecule has 1 fully saturated rings. The molecule has 0 unspecified atom stereocenters. The van der Waals surface area contributed by atoms with E-state index in [0.29, 0.717) is 6.04 Å². The quantitative estimate of drug-likeness (QED) is 0.685. The summed E-state index contributed by atoms with van der Waals surface area (Å²) in [5.74, 6) is 0.211. The second-order valence-electron chi connectivity index (χ2n) is 3.50. The van der Waals surface area contributed by atoms with Crippen molar-refractivity contribution in [3.05, 3.63) is 24.3 Å². The van der Waals surface area contributed by atoms with E-state index in [0.717, 1.165) is 24.2 Å². The molecule has 2 aromatic rings. The smallest absolute Gasteiger partial charge is 0.234 e. The van der Waals surface area contributed by atoms with Gasteiger partial charge < -0.3 is 9.30 Å². The first-order valence-electron chi connectivity index (χ1n) is 4.70. The summed E-state index contributed by atoms with van der Waals surface area (Å²) in [5, 5.41) is 9.69. The average molecular weight is 200 g/mol. The van der Waals surface area contributed by atoms with Crippen molar-refractivity contribution in [1.29, 1.82) is 5.26 Å². The van der Waals surface area contributed by atoms with Gasteiger partial charge in [-0.15, -0.1) is 0 Å². The van der Waals surface area contributed by atoms with Crippen LogP contribution in [0.2, 0.25) is 0 Å². The molecule has 0 bridgehead atoms. The van der Waals surface area contributed by atoms with Crippen molar-refractivity contribution >= 4 is 11.0 Å². The highest BCUT2D eigenvalue weighted by Crippen LogP contribution is 2.22. The largest absolute Gasteiger partial charge is 0.377 e. The fraction of sp³-hybridized carbons (Fsp3) is 0.300. The first-order valence-corrected chi connectivity index (χ1v) is 4.70. The normalized spacial score (nSPS) is 16.2. The lowest BCUT2D eigenvalue weighted by molar-refractivity contribution is -0.0216. The fourth-order valence-electron chi connectivity index (χ4n) is 1.67. The zero-order valence-electron chi connectivity index (χ0n) is 7.92. The third-order valence-corrected chi connectivity index (χ3v) is 2.57. The van der Waals surface area contributed by atoms with Crippen LogP contribution in [0.1, 0.15) is 11.9 Å². The Morgan fingerprint density at radius 3 is 3.07 bits per heavy atom. The summed E-state index contributed by atoms with van der Waals surface area (Å²) in [4.78, 5) is 8.12. The number of aromatic nitrogens is 3. The van der Waals surface area contributed by atoms with Gasteiger partial charge >= 0.3 is 0 Å². The van der Waals surface area contributed by atoms with Gasteiger partial charge in [0.2, 0.25) is 5.82 Å². The minimum Gasteiger partial charge on any atom is -0.377 e. The molecule has 3 heterocycles. The topological polar surface area (TPSA) is 63.7 Å². The molecule has 1 saturated heterocycles. The van der Waals surface area contributed by atoms with Crippen LogP contribution in [0.4, 0.5) is 0 Å². The van der Waals surface area contributed by atoms with Crippen molar-refractivity contribution in [2.45, 2.75) is 6.04 Å². The summed E-state index contributed by atoms with van der Waals surface area (Å²) < 4.78 is 7.18.